The first-order valence-electron chi connectivity index (χ1n) is 8.66. The van der Waals surface area contributed by atoms with E-state index in [4.69, 9.17) is 4.74 Å². The maximum absolute atomic E-state index is 12.7. The van der Waals surface area contributed by atoms with Crippen LogP contribution in [0.5, 0.6) is 0 Å². The summed E-state index contributed by atoms with van der Waals surface area (Å²) in [6.07, 6.45) is 3.33. The molecule has 0 atom stereocenters. The Hall–Kier alpha value is -2.96. The Labute approximate surface area is 153 Å². The van der Waals surface area contributed by atoms with E-state index in [1.54, 1.807) is 41.4 Å². The monoisotopic (exact) mass is 356 g/mol. The number of nitrogens with one attached hydrogen (secondary N) is 1. The van der Waals surface area contributed by atoms with Crippen molar-refractivity contribution in [3.05, 3.63) is 47.8 Å². The van der Waals surface area contributed by atoms with Crippen LogP contribution in [0.25, 0.3) is 0 Å². The minimum atomic E-state index is -0.423. The normalized spacial score (nSPS) is 10.3. The van der Waals surface area contributed by atoms with E-state index in [0.717, 1.165) is 12.8 Å². The van der Waals surface area contributed by atoms with Gasteiger partial charge in [0, 0.05) is 25.0 Å². The SMILES string of the molecule is CCCN(CCC)C(=O)c1ccnc(Nc2cccc(C(=O)OC)c2)n1. The minimum absolute atomic E-state index is 0.109. The number of anilines is 2. The Morgan fingerprint density at radius 2 is 1.88 bits per heavy atom. The Morgan fingerprint density at radius 1 is 1.15 bits per heavy atom. The van der Waals surface area contributed by atoms with Gasteiger partial charge < -0.3 is 15.0 Å². The maximum Gasteiger partial charge on any atom is 0.337 e. The second-order valence-electron chi connectivity index (χ2n) is 5.76. The maximum atomic E-state index is 12.7. The number of amides is 1. The zero-order chi connectivity index (χ0) is 18.9. The van der Waals surface area contributed by atoms with Crippen molar-refractivity contribution in [2.45, 2.75) is 26.7 Å². The first kappa shape index (κ1) is 19.4. The zero-order valence-electron chi connectivity index (χ0n) is 15.4. The van der Waals surface area contributed by atoms with E-state index in [0.29, 0.717) is 36.0 Å². The Morgan fingerprint density at radius 3 is 2.54 bits per heavy atom. The van der Waals surface area contributed by atoms with Crippen molar-refractivity contribution in [1.82, 2.24) is 14.9 Å². The molecule has 26 heavy (non-hydrogen) atoms. The molecule has 1 heterocycles. The topological polar surface area (TPSA) is 84.4 Å². The number of nitrogens with zero attached hydrogens (tertiary/aromatic N) is 3. The number of esters is 1. The summed E-state index contributed by atoms with van der Waals surface area (Å²) >= 11 is 0. The molecule has 0 aliphatic rings. The average molecular weight is 356 g/mol. The first-order chi connectivity index (χ1) is 12.6. The number of carbonyl (C=O) groups is 2. The lowest BCUT2D eigenvalue weighted by Gasteiger charge is -2.21. The summed E-state index contributed by atoms with van der Waals surface area (Å²) < 4.78 is 4.72. The highest BCUT2D eigenvalue weighted by Crippen LogP contribution is 2.16. The summed E-state index contributed by atoms with van der Waals surface area (Å²) in [6.45, 7) is 5.47. The van der Waals surface area contributed by atoms with E-state index in [2.05, 4.69) is 15.3 Å². The summed E-state index contributed by atoms with van der Waals surface area (Å²) in [5, 5.41) is 3.02. The van der Waals surface area contributed by atoms with E-state index in [9.17, 15) is 9.59 Å². The van der Waals surface area contributed by atoms with E-state index in [1.165, 1.54) is 7.11 Å². The third-order valence-electron chi connectivity index (χ3n) is 3.69. The molecule has 2 aromatic rings. The number of methoxy groups -OCH3 is 1. The van der Waals surface area contributed by atoms with E-state index in [1.807, 2.05) is 13.8 Å². The van der Waals surface area contributed by atoms with Crippen LogP contribution in [0, 0.1) is 0 Å². The van der Waals surface area contributed by atoms with Crippen molar-refractivity contribution < 1.29 is 14.3 Å². The fourth-order valence-corrected chi connectivity index (χ4v) is 2.53. The highest BCUT2D eigenvalue weighted by atomic mass is 16.5. The summed E-state index contributed by atoms with van der Waals surface area (Å²) in [7, 11) is 1.33. The summed E-state index contributed by atoms with van der Waals surface area (Å²) in [6, 6.07) is 8.42. The third-order valence-corrected chi connectivity index (χ3v) is 3.69. The summed E-state index contributed by atoms with van der Waals surface area (Å²) in [5.41, 5.74) is 1.40. The van der Waals surface area contributed by atoms with Gasteiger partial charge in [0.25, 0.3) is 5.91 Å². The highest BCUT2D eigenvalue weighted by molar-refractivity contribution is 5.92. The molecule has 7 nitrogen and oxygen atoms in total. The van der Waals surface area contributed by atoms with E-state index < -0.39 is 5.97 Å². The molecule has 0 bridgehead atoms. The minimum Gasteiger partial charge on any atom is -0.465 e. The third kappa shape index (κ3) is 5.02. The van der Waals surface area contributed by atoms with Gasteiger partial charge in [-0.2, -0.15) is 0 Å². The lowest BCUT2D eigenvalue weighted by Crippen LogP contribution is -2.33. The fraction of sp³-hybridized carbons (Fsp3) is 0.368. The molecule has 1 N–H and O–H groups in total. The summed E-state index contributed by atoms with van der Waals surface area (Å²) in [5.74, 6) is -0.235. The van der Waals surface area contributed by atoms with Gasteiger partial charge in [0.2, 0.25) is 5.95 Å². The number of hydrogen-bond donors (Lipinski definition) is 1. The van der Waals surface area contributed by atoms with Crippen molar-refractivity contribution in [3.63, 3.8) is 0 Å². The molecule has 1 aromatic heterocycles. The molecule has 0 aliphatic heterocycles. The lowest BCUT2D eigenvalue weighted by atomic mass is 10.2. The van der Waals surface area contributed by atoms with Crippen LogP contribution in [0.15, 0.2) is 36.5 Å². The molecule has 0 radical (unpaired) electrons. The van der Waals surface area contributed by atoms with Gasteiger partial charge in [-0.05, 0) is 37.1 Å². The number of rotatable bonds is 8. The van der Waals surface area contributed by atoms with Crippen molar-refractivity contribution in [3.8, 4) is 0 Å². The van der Waals surface area contributed by atoms with Gasteiger partial charge in [0.05, 0.1) is 12.7 Å². The van der Waals surface area contributed by atoms with Crippen LogP contribution in [0.2, 0.25) is 0 Å². The van der Waals surface area contributed by atoms with Gasteiger partial charge >= 0.3 is 5.97 Å². The zero-order valence-corrected chi connectivity index (χ0v) is 15.4. The first-order valence-corrected chi connectivity index (χ1v) is 8.66. The van der Waals surface area contributed by atoms with Crippen LogP contribution < -0.4 is 5.32 Å². The lowest BCUT2D eigenvalue weighted by molar-refractivity contribution is 0.0600. The van der Waals surface area contributed by atoms with Crippen LogP contribution in [-0.4, -0.2) is 46.9 Å². The Kier molecular flexibility index (Phi) is 7.08. The number of carbonyl (C=O) groups excluding carboxylic acids is 2. The molecule has 0 spiro atoms. The second-order valence-corrected chi connectivity index (χ2v) is 5.76. The molecule has 1 amide bonds. The second kappa shape index (κ2) is 9.50. The fourth-order valence-electron chi connectivity index (χ4n) is 2.53. The largest absolute Gasteiger partial charge is 0.465 e. The number of aromatic nitrogens is 2. The van der Waals surface area contributed by atoms with Crippen LogP contribution >= 0.6 is 0 Å². The summed E-state index contributed by atoms with van der Waals surface area (Å²) in [4.78, 5) is 34.6. The van der Waals surface area contributed by atoms with Gasteiger partial charge in [0.1, 0.15) is 5.69 Å². The van der Waals surface area contributed by atoms with Gasteiger partial charge in [-0.3, -0.25) is 4.79 Å². The number of benzene rings is 1. The predicted molar refractivity (Wildman–Crippen MR) is 99.6 cm³/mol. The molecule has 0 aliphatic carbocycles. The highest BCUT2D eigenvalue weighted by Gasteiger charge is 2.16. The van der Waals surface area contributed by atoms with Crippen molar-refractivity contribution in [2.75, 3.05) is 25.5 Å². The van der Waals surface area contributed by atoms with Crippen LogP contribution in [0.3, 0.4) is 0 Å². The van der Waals surface area contributed by atoms with Crippen LogP contribution in [0.4, 0.5) is 11.6 Å². The molecular weight excluding hydrogens is 332 g/mol. The molecule has 0 saturated carbocycles. The van der Waals surface area contributed by atoms with Crippen LogP contribution in [-0.2, 0) is 4.74 Å². The molecule has 0 saturated heterocycles. The van der Waals surface area contributed by atoms with Gasteiger partial charge in [-0.15, -0.1) is 0 Å². The molecule has 1 aromatic carbocycles. The van der Waals surface area contributed by atoms with Crippen molar-refractivity contribution in [1.29, 1.82) is 0 Å². The number of hydrogen-bond acceptors (Lipinski definition) is 6. The molecule has 2 rings (SSSR count). The molecule has 138 valence electrons. The number of ether oxygens (including phenoxy) is 1. The van der Waals surface area contributed by atoms with Gasteiger partial charge in [0.15, 0.2) is 0 Å². The predicted octanol–water partition coefficient (Wildman–Crippen LogP) is 3.27. The van der Waals surface area contributed by atoms with Crippen molar-refractivity contribution >= 4 is 23.5 Å². The van der Waals surface area contributed by atoms with Gasteiger partial charge in [-0.25, -0.2) is 14.8 Å². The smallest absolute Gasteiger partial charge is 0.337 e. The Bertz CT molecular complexity index is 758. The van der Waals surface area contributed by atoms with Gasteiger partial charge in [-0.1, -0.05) is 19.9 Å². The molecular formula is C19H24N4O3. The molecule has 0 unspecified atom stereocenters. The van der Waals surface area contributed by atoms with Crippen LogP contribution in [0.1, 0.15) is 47.5 Å². The standard InChI is InChI=1S/C19H24N4O3/c1-4-11-23(12-5-2)17(24)16-9-10-20-19(22-16)21-15-8-6-7-14(13-15)18(25)26-3/h6-10,13H,4-5,11-12H2,1-3H3,(H,20,21,22). The molecule has 7 heteroatoms. The molecule has 0 fully saturated rings. The average Bonchev–Trinajstić information content (AvgIpc) is 2.67. The quantitative estimate of drug-likeness (QED) is 0.731. The van der Waals surface area contributed by atoms with E-state index in [-0.39, 0.29) is 5.91 Å². The Balaban J connectivity index is 2.19. The van der Waals surface area contributed by atoms with E-state index >= 15 is 0 Å². The van der Waals surface area contributed by atoms with Crippen molar-refractivity contribution in [2.24, 2.45) is 0 Å².